The number of aromatic nitrogens is 2. The summed E-state index contributed by atoms with van der Waals surface area (Å²) in [6.45, 7) is 3.99. The lowest BCUT2D eigenvalue weighted by Crippen LogP contribution is -2.16. The monoisotopic (exact) mass is 537 g/mol. The van der Waals surface area contributed by atoms with Crippen LogP contribution in [0.5, 0.6) is 5.75 Å². The predicted molar refractivity (Wildman–Crippen MR) is 127 cm³/mol. The minimum atomic E-state index is -0.0911. The Hall–Kier alpha value is -2.07. The summed E-state index contributed by atoms with van der Waals surface area (Å²) in [5, 5.41) is 11.5. The van der Waals surface area contributed by atoms with Crippen LogP contribution in [0.15, 0.2) is 46.0 Å². The fourth-order valence-electron chi connectivity index (χ4n) is 3.04. The number of carbonyl (C=O) groups excluding carboxylic acids is 1. The van der Waals surface area contributed by atoms with Crippen molar-refractivity contribution in [2.24, 2.45) is 0 Å². The van der Waals surface area contributed by atoms with Gasteiger partial charge in [-0.05, 0) is 90.2 Å². The number of hydrogen-bond donors (Lipinski definition) is 1. The van der Waals surface area contributed by atoms with Crippen LogP contribution in [-0.4, -0.2) is 29.0 Å². The molecular weight excluding hydrogens is 513 g/mol. The molecule has 1 aromatic heterocycles. The smallest absolute Gasteiger partial charge is 0.277 e. The Morgan fingerprint density at radius 2 is 1.83 bits per heavy atom. The molecule has 158 valence electrons. The van der Waals surface area contributed by atoms with E-state index in [0.717, 1.165) is 39.0 Å². The van der Waals surface area contributed by atoms with Crippen molar-refractivity contribution in [2.45, 2.75) is 38.3 Å². The second-order valence-corrected chi connectivity index (χ2v) is 9.09. The minimum Gasteiger partial charge on any atom is -0.497 e. The van der Waals surface area contributed by atoms with Crippen molar-refractivity contribution in [3.8, 4) is 5.75 Å². The molecule has 0 bridgehead atoms. The van der Waals surface area contributed by atoms with E-state index in [4.69, 9.17) is 9.15 Å². The largest absolute Gasteiger partial charge is 0.497 e. The summed E-state index contributed by atoms with van der Waals surface area (Å²) in [5.74, 6) is 1.58. The molecule has 1 N–H and O–H groups in total. The molecule has 0 spiro atoms. The Balaban J connectivity index is 1.44. The highest BCUT2D eigenvalue weighted by atomic mass is 127. The van der Waals surface area contributed by atoms with E-state index in [-0.39, 0.29) is 11.7 Å². The molecule has 30 heavy (non-hydrogen) atoms. The first-order chi connectivity index (χ1) is 14.4. The van der Waals surface area contributed by atoms with E-state index in [2.05, 4.69) is 50.2 Å². The van der Waals surface area contributed by atoms with Gasteiger partial charge in [0.05, 0.1) is 12.9 Å². The van der Waals surface area contributed by atoms with Gasteiger partial charge >= 0.3 is 0 Å². The van der Waals surface area contributed by atoms with Gasteiger partial charge in [-0.1, -0.05) is 23.9 Å². The summed E-state index contributed by atoms with van der Waals surface area (Å²) < 4.78 is 12.0. The van der Waals surface area contributed by atoms with Crippen molar-refractivity contribution < 1.29 is 13.9 Å². The van der Waals surface area contributed by atoms with Crippen molar-refractivity contribution in [1.82, 2.24) is 10.2 Å². The van der Waals surface area contributed by atoms with Crippen molar-refractivity contribution in [2.75, 3.05) is 18.2 Å². The molecule has 6 nitrogen and oxygen atoms in total. The van der Waals surface area contributed by atoms with Crippen molar-refractivity contribution in [3.05, 3.63) is 62.5 Å². The molecule has 0 aliphatic heterocycles. The average Bonchev–Trinajstić information content (AvgIpc) is 3.17. The maximum Gasteiger partial charge on any atom is 0.277 e. The van der Waals surface area contributed by atoms with Crippen LogP contribution in [0.25, 0.3) is 0 Å². The lowest BCUT2D eigenvalue weighted by Gasteiger charge is -2.11. The number of methoxy groups -OCH3 is 1. The number of amides is 1. The number of hydrogen-bond acceptors (Lipinski definition) is 6. The van der Waals surface area contributed by atoms with Gasteiger partial charge in [-0.15, -0.1) is 10.2 Å². The molecule has 3 rings (SSSR count). The second kappa shape index (κ2) is 10.8. The molecule has 2 aromatic carbocycles. The van der Waals surface area contributed by atoms with Crippen molar-refractivity contribution in [1.29, 1.82) is 0 Å². The first-order valence-electron chi connectivity index (χ1n) is 9.59. The van der Waals surface area contributed by atoms with E-state index in [1.165, 1.54) is 17.3 Å². The van der Waals surface area contributed by atoms with Gasteiger partial charge in [0, 0.05) is 15.7 Å². The molecule has 1 amide bonds. The first kappa shape index (κ1) is 22.6. The average molecular weight is 537 g/mol. The van der Waals surface area contributed by atoms with Gasteiger partial charge in [0.2, 0.25) is 11.8 Å². The summed E-state index contributed by atoms with van der Waals surface area (Å²) in [6, 6.07) is 12.1. The summed E-state index contributed by atoms with van der Waals surface area (Å²) in [7, 11) is 1.66. The fourth-order valence-corrected chi connectivity index (χ4v) is 4.56. The van der Waals surface area contributed by atoms with Gasteiger partial charge in [-0.25, -0.2) is 0 Å². The zero-order chi connectivity index (χ0) is 21.5. The van der Waals surface area contributed by atoms with Gasteiger partial charge in [0.25, 0.3) is 5.22 Å². The van der Waals surface area contributed by atoms with E-state index in [1.54, 1.807) is 7.11 Å². The summed E-state index contributed by atoms with van der Waals surface area (Å²) >= 11 is 3.52. The fraction of sp³-hybridized carbons (Fsp3) is 0.318. The maximum atomic E-state index is 12.3. The van der Waals surface area contributed by atoms with E-state index < -0.39 is 0 Å². The molecule has 0 saturated carbocycles. The van der Waals surface area contributed by atoms with Crippen LogP contribution >= 0.6 is 34.4 Å². The molecule has 8 heteroatoms. The van der Waals surface area contributed by atoms with Gasteiger partial charge in [0.15, 0.2) is 0 Å². The number of anilines is 1. The molecule has 0 aliphatic carbocycles. The van der Waals surface area contributed by atoms with Crippen LogP contribution < -0.4 is 10.1 Å². The third-order valence-electron chi connectivity index (χ3n) is 4.55. The van der Waals surface area contributed by atoms with Crippen LogP contribution in [0.2, 0.25) is 0 Å². The zero-order valence-corrected chi connectivity index (χ0v) is 20.2. The van der Waals surface area contributed by atoms with Gasteiger partial charge < -0.3 is 14.5 Å². The molecule has 0 atom stereocenters. The molecule has 0 aliphatic rings. The van der Waals surface area contributed by atoms with E-state index in [1.807, 2.05) is 38.1 Å². The number of carbonyl (C=O) groups is 1. The van der Waals surface area contributed by atoms with Crippen molar-refractivity contribution >= 4 is 45.9 Å². The Labute approximate surface area is 194 Å². The number of nitrogens with one attached hydrogen (secondary N) is 1. The number of aryl methyl sites for hydroxylation is 4. The summed E-state index contributed by atoms with van der Waals surface area (Å²) in [4.78, 5) is 12.3. The molecule has 0 fully saturated rings. The number of benzene rings is 2. The van der Waals surface area contributed by atoms with Gasteiger partial charge in [0.1, 0.15) is 5.75 Å². The van der Waals surface area contributed by atoms with Crippen molar-refractivity contribution in [3.63, 3.8) is 0 Å². The lowest BCUT2D eigenvalue weighted by atomic mass is 10.1. The Bertz CT molecular complexity index is 982. The van der Waals surface area contributed by atoms with Gasteiger partial charge in [-0.2, -0.15) is 0 Å². The van der Waals surface area contributed by atoms with E-state index >= 15 is 0 Å². The van der Waals surface area contributed by atoms with Crippen LogP contribution in [0, 0.1) is 17.4 Å². The number of nitrogens with zero attached hydrogens (tertiary/aromatic N) is 2. The third kappa shape index (κ3) is 6.46. The highest BCUT2D eigenvalue weighted by Gasteiger charge is 2.12. The highest BCUT2D eigenvalue weighted by molar-refractivity contribution is 14.1. The van der Waals surface area contributed by atoms with Crippen LogP contribution in [0.1, 0.15) is 29.0 Å². The number of ether oxygens (including phenoxy) is 1. The quantitative estimate of drug-likeness (QED) is 0.299. The maximum absolute atomic E-state index is 12.3. The van der Waals surface area contributed by atoms with E-state index in [0.29, 0.717) is 17.5 Å². The molecular formula is C22H24IN3O3S. The zero-order valence-electron chi connectivity index (χ0n) is 17.2. The SMILES string of the molecule is COc1ccc(CCCc2nnc(SCC(=O)Nc3c(C)cc(I)cc3C)o2)cc1. The Morgan fingerprint density at radius 3 is 2.50 bits per heavy atom. The number of thioether (sulfide) groups is 1. The third-order valence-corrected chi connectivity index (χ3v) is 5.99. The second-order valence-electron chi connectivity index (χ2n) is 6.91. The molecule has 3 aromatic rings. The summed E-state index contributed by atoms with van der Waals surface area (Å²) in [5.41, 5.74) is 4.21. The van der Waals surface area contributed by atoms with Gasteiger partial charge in [-0.3, -0.25) is 4.79 Å². The molecule has 0 saturated heterocycles. The molecule has 0 radical (unpaired) electrons. The van der Waals surface area contributed by atoms with Crippen LogP contribution in [0.3, 0.4) is 0 Å². The number of halogens is 1. The minimum absolute atomic E-state index is 0.0911. The molecule has 1 heterocycles. The Kier molecular flexibility index (Phi) is 8.15. The van der Waals surface area contributed by atoms with Crippen LogP contribution in [-0.2, 0) is 17.6 Å². The highest BCUT2D eigenvalue weighted by Crippen LogP contribution is 2.24. The standard InChI is InChI=1S/C22H24IN3O3S/c1-14-11-17(23)12-15(2)21(14)24-19(27)13-30-22-26-25-20(29-22)6-4-5-16-7-9-18(28-3)10-8-16/h7-12H,4-6,13H2,1-3H3,(H,24,27). The normalized spacial score (nSPS) is 10.8. The first-order valence-corrected chi connectivity index (χ1v) is 11.7. The molecule has 0 unspecified atom stereocenters. The topological polar surface area (TPSA) is 77.2 Å². The summed E-state index contributed by atoms with van der Waals surface area (Å²) in [6.07, 6.45) is 2.53. The lowest BCUT2D eigenvalue weighted by molar-refractivity contribution is -0.113. The van der Waals surface area contributed by atoms with Crippen LogP contribution in [0.4, 0.5) is 5.69 Å². The Morgan fingerprint density at radius 1 is 1.13 bits per heavy atom. The van der Waals surface area contributed by atoms with E-state index in [9.17, 15) is 4.79 Å². The predicted octanol–water partition coefficient (Wildman–Crippen LogP) is 5.21. The number of rotatable bonds is 9.